The fourth-order valence-electron chi connectivity index (χ4n) is 5.74. The average molecular weight is 637 g/mol. The number of hydrogen-bond acceptors (Lipinski definition) is 10. The van der Waals surface area contributed by atoms with E-state index >= 15 is 0 Å². The molecule has 6 rings (SSSR count). The average Bonchev–Trinajstić information content (AvgIpc) is 3.01. The zero-order chi connectivity index (χ0) is 33.5. The standard InChI is InChI=1S/C35H40N8O4/c1-34(2,3)23-8-10-25-22(16-23)18-38-43(32(25)45)31-27(20-44)26(12-13-36-31)28-17-29(33(46)41(6)40-28)39-30-11-9-24(19-37-30)47-35(4,5)21-42-14-7-15-42/h8-13,16-19,44H,7,14-15,20-21H2,1-6H3,(H,37,39). The van der Waals surface area contributed by atoms with Gasteiger partial charge in [-0.2, -0.15) is 14.9 Å². The molecule has 2 N–H and O–H groups in total. The number of nitrogens with zero attached hydrogens (tertiary/aromatic N) is 7. The van der Waals surface area contributed by atoms with Gasteiger partial charge in [-0.05, 0) is 80.7 Å². The van der Waals surface area contributed by atoms with E-state index in [9.17, 15) is 14.7 Å². The van der Waals surface area contributed by atoms with Crippen LogP contribution in [-0.2, 0) is 19.1 Å². The number of rotatable bonds is 9. The van der Waals surface area contributed by atoms with Crippen LogP contribution >= 0.6 is 0 Å². The minimum absolute atomic E-state index is 0.0855. The van der Waals surface area contributed by atoms with Gasteiger partial charge in [-0.25, -0.2) is 14.6 Å². The summed E-state index contributed by atoms with van der Waals surface area (Å²) >= 11 is 0. The lowest BCUT2D eigenvalue weighted by atomic mass is 9.86. The smallest absolute Gasteiger partial charge is 0.290 e. The Labute approximate surface area is 272 Å². The number of aliphatic hydroxyl groups is 1. The lowest BCUT2D eigenvalue weighted by molar-refractivity contribution is 0.0350. The normalized spacial score (nSPS) is 13.9. The van der Waals surface area contributed by atoms with Gasteiger partial charge in [0.1, 0.15) is 22.9 Å². The summed E-state index contributed by atoms with van der Waals surface area (Å²) in [5.74, 6) is 1.26. The SMILES string of the molecule is Cn1nc(-c2ccnc(-n3ncc4cc(C(C)(C)C)ccc4c3=O)c2CO)cc(Nc2ccc(OC(C)(C)CN3CCC3)cn2)c1=O. The van der Waals surface area contributed by atoms with Gasteiger partial charge in [0.05, 0.1) is 30.1 Å². The van der Waals surface area contributed by atoms with Gasteiger partial charge >= 0.3 is 0 Å². The third-order valence-corrected chi connectivity index (χ3v) is 8.33. The summed E-state index contributed by atoms with van der Waals surface area (Å²) in [5, 5.41) is 23.7. The van der Waals surface area contributed by atoms with Crippen molar-refractivity contribution >= 4 is 22.3 Å². The quantitative estimate of drug-likeness (QED) is 0.240. The van der Waals surface area contributed by atoms with Crippen LogP contribution in [0.2, 0.25) is 0 Å². The summed E-state index contributed by atoms with van der Waals surface area (Å²) in [6, 6.07) is 12.5. The van der Waals surface area contributed by atoms with Crippen LogP contribution in [0.25, 0.3) is 27.8 Å². The number of anilines is 2. The first-order valence-electron chi connectivity index (χ1n) is 15.7. The van der Waals surface area contributed by atoms with E-state index in [1.807, 2.05) is 18.2 Å². The summed E-state index contributed by atoms with van der Waals surface area (Å²) in [6.45, 7) is 13.0. The summed E-state index contributed by atoms with van der Waals surface area (Å²) in [7, 11) is 1.55. The molecule has 0 bridgehead atoms. The number of ether oxygens (including phenoxy) is 1. The van der Waals surface area contributed by atoms with Crippen molar-refractivity contribution in [2.75, 3.05) is 25.0 Å². The van der Waals surface area contributed by atoms with Crippen molar-refractivity contribution in [1.82, 2.24) is 34.4 Å². The van der Waals surface area contributed by atoms with Gasteiger partial charge in [-0.3, -0.25) is 14.5 Å². The Morgan fingerprint density at radius 2 is 1.74 bits per heavy atom. The van der Waals surface area contributed by atoms with E-state index < -0.39 is 6.61 Å². The molecule has 0 radical (unpaired) electrons. The minimum Gasteiger partial charge on any atom is -0.485 e. The van der Waals surface area contributed by atoms with Crippen LogP contribution in [0.1, 0.15) is 52.2 Å². The first-order valence-corrected chi connectivity index (χ1v) is 15.7. The molecule has 0 amide bonds. The molecule has 0 aliphatic carbocycles. The number of fused-ring (bicyclic) bond motifs is 1. The van der Waals surface area contributed by atoms with Crippen LogP contribution in [-0.4, -0.2) is 64.8 Å². The molecule has 0 saturated carbocycles. The number of hydrogen-bond donors (Lipinski definition) is 2. The van der Waals surface area contributed by atoms with Gasteiger partial charge in [-0.15, -0.1) is 0 Å². The monoisotopic (exact) mass is 636 g/mol. The predicted octanol–water partition coefficient (Wildman–Crippen LogP) is 4.33. The Hall–Kier alpha value is -4.94. The highest BCUT2D eigenvalue weighted by Crippen LogP contribution is 2.29. The second-order valence-electron chi connectivity index (χ2n) is 13.6. The molecule has 244 valence electrons. The summed E-state index contributed by atoms with van der Waals surface area (Å²) in [5.41, 5.74) is 1.36. The van der Waals surface area contributed by atoms with Gasteiger partial charge in [0.2, 0.25) is 0 Å². The molecule has 47 heavy (non-hydrogen) atoms. The van der Waals surface area contributed by atoms with E-state index in [-0.39, 0.29) is 33.6 Å². The molecule has 0 spiro atoms. The molecular formula is C35H40N8O4. The topological polar surface area (TPSA) is 140 Å². The van der Waals surface area contributed by atoms with Crippen molar-refractivity contribution in [3.8, 4) is 22.8 Å². The Balaban J connectivity index is 1.31. The lowest BCUT2D eigenvalue weighted by Gasteiger charge is -2.38. The first-order chi connectivity index (χ1) is 22.3. The number of aromatic nitrogens is 6. The van der Waals surface area contributed by atoms with Crippen molar-refractivity contribution in [1.29, 1.82) is 0 Å². The highest BCUT2D eigenvalue weighted by molar-refractivity contribution is 5.82. The minimum atomic E-state index is -0.446. The van der Waals surface area contributed by atoms with Gasteiger partial charge in [-0.1, -0.05) is 26.8 Å². The summed E-state index contributed by atoms with van der Waals surface area (Å²) in [6.07, 6.45) is 6.00. The molecule has 5 heterocycles. The third kappa shape index (κ3) is 6.65. The maximum atomic E-state index is 13.6. The molecule has 1 aromatic carbocycles. The van der Waals surface area contributed by atoms with E-state index in [0.717, 1.165) is 30.6 Å². The number of nitrogens with one attached hydrogen (secondary N) is 1. The van der Waals surface area contributed by atoms with Crippen molar-refractivity contribution in [3.63, 3.8) is 0 Å². The summed E-state index contributed by atoms with van der Waals surface area (Å²) < 4.78 is 8.59. The molecule has 0 atom stereocenters. The number of benzene rings is 1. The highest BCUT2D eigenvalue weighted by atomic mass is 16.5. The Morgan fingerprint density at radius 3 is 2.40 bits per heavy atom. The number of likely N-dealkylation sites (tertiary alicyclic amines) is 1. The van der Waals surface area contributed by atoms with Gasteiger partial charge < -0.3 is 15.2 Å². The van der Waals surface area contributed by atoms with E-state index in [4.69, 9.17) is 4.74 Å². The van der Waals surface area contributed by atoms with Crippen molar-refractivity contribution < 1.29 is 9.84 Å². The molecule has 1 aliphatic rings. The van der Waals surface area contributed by atoms with Crippen LogP contribution in [0.15, 0.2) is 70.6 Å². The van der Waals surface area contributed by atoms with Crippen molar-refractivity contribution in [3.05, 3.63) is 92.9 Å². The molecule has 12 heteroatoms. The van der Waals surface area contributed by atoms with Gasteiger partial charge in [0.25, 0.3) is 11.1 Å². The molecule has 1 aliphatic heterocycles. The fourth-order valence-corrected chi connectivity index (χ4v) is 5.74. The number of pyridine rings is 2. The molecule has 12 nitrogen and oxygen atoms in total. The molecule has 5 aromatic rings. The van der Waals surface area contributed by atoms with Crippen LogP contribution in [0.5, 0.6) is 5.75 Å². The Morgan fingerprint density at radius 1 is 0.957 bits per heavy atom. The maximum Gasteiger partial charge on any atom is 0.290 e. The van der Waals surface area contributed by atoms with Crippen LogP contribution in [0.4, 0.5) is 11.5 Å². The fraction of sp³-hybridized carbons (Fsp3) is 0.371. The third-order valence-electron chi connectivity index (χ3n) is 8.33. The Kier molecular flexibility index (Phi) is 8.41. The second-order valence-corrected chi connectivity index (χ2v) is 13.6. The lowest BCUT2D eigenvalue weighted by Crippen LogP contribution is -2.48. The van der Waals surface area contributed by atoms with E-state index in [2.05, 4.69) is 65.0 Å². The zero-order valence-electron chi connectivity index (χ0n) is 27.6. The second kappa shape index (κ2) is 12.3. The maximum absolute atomic E-state index is 13.6. The van der Waals surface area contributed by atoms with Gasteiger partial charge in [0.15, 0.2) is 5.82 Å². The molecule has 1 fully saturated rings. The first kappa shape index (κ1) is 32.0. The van der Waals surface area contributed by atoms with E-state index in [1.165, 1.54) is 22.0 Å². The van der Waals surface area contributed by atoms with Crippen LogP contribution < -0.4 is 21.2 Å². The van der Waals surface area contributed by atoms with Gasteiger partial charge in [0, 0.05) is 36.3 Å². The zero-order valence-corrected chi connectivity index (χ0v) is 27.6. The van der Waals surface area contributed by atoms with Crippen molar-refractivity contribution in [2.45, 2.75) is 58.7 Å². The molecular weight excluding hydrogens is 596 g/mol. The summed E-state index contributed by atoms with van der Waals surface area (Å²) in [4.78, 5) is 38.0. The van der Waals surface area contributed by atoms with Crippen molar-refractivity contribution in [2.24, 2.45) is 7.05 Å². The number of aryl methyl sites for hydroxylation is 1. The predicted molar refractivity (Wildman–Crippen MR) is 182 cm³/mol. The van der Waals surface area contributed by atoms with E-state index in [1.54, 1.807) is 43.7 Å². The highest BCUT2D eigenvalue weighted by Gasteiger charge is 2.27. The molecule has 0 unspecified atom stereocenters. The Bertz CT molecular complexity index is 2060. The van der Waals surface area contributed by atoms with Crippen LogP contribution in [0, 0.1) is 0 Å². The largest absolute Gasteiger partial charge is 0.485 e. The van der Waals surface area contributed by atoms with E-state index in [0.29, 0.717) is 33.8 Å². The molecule has 1 saturated heterocycles. The molecule has 4 aromatic heterocycles. The van der Waals surface area contributed by atoms with Crippen LogP contribution in [0.3, 0.4) is 0 Å². The number of aliphatic hydroxyl groups excluding tert-OH is 1.